The van der Waals surface area contributed by atoms with Gasteiger partial charge in [-0.1, -0.05) is 0 Å². The van der Waals surface area contributed by atoms with Crippen LogP contribution in [0.3, 0.4) is 0 Å². The van der Waals surface area contributed by atoms with Crippen LogP contribution in [0.25, 0.3) is 0 Å². The number of benzene rings is 1. The monoisotopic (exact) mass is 402 g/mol. The summed E-state index contributed by atoms with van der Waals surface area (Å²) in [4.78, 5) is 21.7. The van der Waals surface area contributed by atoms with Gasteiger partial charge in [-0.2, -0.15) is 0 Å². The van der Waals surface area contributed by atoms with E-state index in [0.717, 1.165) is 18.4 Å². The van der Waals surface area contributed by atoms with Crippen LogP contribution in [-0.2, 0) is 5.41 Å². The topological polar surface area (TPSA) is 68.2 Å². The summed E-state index contributed by atoms with van der Waals surface area (Å²) in [7, 11) is -1.17. The van der Waals surface area contributed by atoms with Crippen molar-refractivity contribution in [2.24, 2.45) is 0 Å². The van der Waals surface area contributed by atoms with Gasteiger partial charge in [0, 0.05) is 0 Å². The Hall–Kier alpha value is -1.03. The fourth-order valence-electron chi connectivity index (χ4n) is 3.22. The summed E-state index contributed by atoms with van der Waals surface area (Å²) in [5.74, 6) is 1.25. The summed E-state index contributed by atoms with van der Waals surface area (Å²) >= 11 is 0. The second-order valence-electron chi connectivity index (χ2n) is 7.90. The Morgan fingerprint density at radius 1 is 0.889 bits per heavy atom. The molecule has 0 saturated heterocycles. The van der Waals surface area contributed by atoms with Crippen LogP contribution in [0.1, 0.15) is 72.3 Å². The number of hydrogen-bond donors (Lipinski definition) is 2. The summed E-state index contributed by atoms with van der Waals surface area (Å²) in [5.41, 5.74) is 0.853. The van der Waals surface area contributed by atoms with Crippen molar-refractivity contribution in [1.29, 1.82) is 0 Å². The minimum absolute atomic E-state index is 0.136. The maximum atomic E-state index is 10.8. The number of ether oxygens (including phenoxy) is 2. The third-order valence-electron chi connectivity index (χ3n) is 5.46. The van der Waals surface area contributed by atoms with E-state index >= 15 is 0 Å². The molecule has 1 aromatic rings. The molecular weight excluding hydrogens is 363 g/mol. The molecule has 2 N–H and O–H groups in total. The average Bonchev–Trinajstić information content (AvgIpc) is 2.65. The summed E-state index contributed by atoms with van der Waals surface area (Å²) < 4.78 is 17.1. The molecule has 0 aromatic heterocycles. The first-order valence-corrected chi connectivity index (χ1v) is 12.5. The van der Waals surface area contributed by atoms with E-state index in [1.807, 2.05) is 12.1 Å². The molecule has 0 saturated carbocycles. The van der Waals surface area contributed by atoms with Crippen LogP contribution in [0, 0.1) is 0 Å². The van der Waals surface area contributed by atoms with Gasteiger partial charge in [-0.15, -0.1) is 0 Å². The van der Waals surface area contributed by atoms with E-state index in [1.165, 1.54) is 19.3 Å². The van der Waals surface area contributed by atoms with Gasteiger partial charge < -0.3 is 0 Å². The molecule has 5 nitrogen and oxygen atoms in total. The number of hydrogen-bond acceptors (Lipinski definition) is 5. The van der Waals surface area contributed by atoms with E-state index in [1.54, 1.807) is 28.1 Å². The van der Waals surface area contributed by atoms with Crippen molar-refractivity contribution in [2.45, 2.75) is 72.1 Å². The Labute approximate surface area is 165 Å². The third kappa shape index (κ3) is 5.97. The van der Waals surface area contributed by atoms with E-state index in [0.29, 0.717) is 11.5 Å². The van der Waals surface area contributed by atoms with Gasteiger partial charge in [0.05, 0.1) is 0 Å². The quantitative estimate of drug-likeness (QED) is 0.349. The second kappa shape index (κ2) is 9.45. The summed E-state index contributed by atoms with van der Waals surface area (Å²) in [5, 5.41) is 0. The Kier molecular flexibility index (Phi) is 8.40. The van der Waals surface area contributed by atoms with Gasteiger partial charge in [0.15, 0.2) is 0 Å². The van der Waals surface area contributed by atoms with Gasteiger partial charge in [0.2, 0.25) is 0 Å². The molecule has 0 atom stereocenters. The predicted molar refractivity (Wildman–Crippen MR) is 114 cm³/mol. The van der Waals surface area contributed by atoms with Crippen molar-refractivity contribution >= 4 is 7.28 Å². The van der Waals surface area contributed by atoms with Crippen molar-refractivity contribution in [3.8, 4) is 17.2 Å². The van der Waals surface area contributed by atoms with E-state index in [2.05, 4.69) is 20.8 Å². The molecule has 0 amide bonds. The molecule has 0 heterocycles. The van der Waals surface area contributed by atoms with Gasteiger partial charge in [-0.3, -0.25) is 0 Å². The zero-order valence-corrected chi connectivity index (χ0v) is 19.1. The van der Waals surface area contributed by atoms with Crippen LogP contribution in [0.2, 0.25) is 0 Å². The molecule has 0 aliphatic rings. The molecule has 27 heavy (non-hydrogen) atoms. The van der Waals surface area contributed by atoms with Crippen LogP contribution in [0.15, 0.2) is 12.1 Å². The van der Waals surface area contributed by atoms with Gasteiger partial charge in [-0.25, -0.2) is 0 Å². The van der Waals surface area contributed by atoms with Crippen LogP contribution >= 0.6 is 7.28 Å². The Morgan fingerprint density at radius 3 is 2.00 bits per heavy atom. The summed E-state index contributed by atoms with van der Waals surface area (Å²) in [6, 6.07) is 3.81. The first-order chi connectivity index (χ1) is 12.6. The molecule has 0 fully saturated rings. The summed E-state index contributed by atoms with van der Waals surface area (Å²) in [6.07, 6.45) is 6.07. The molecule has 0 aliphatic heterocycles. The van der Waals surface area contributed by atoms with Crippen molar-refractivity contribution in [2.75, 3.05) is 26.5 Å². The zero-order valence-electron chi connectivity index (χ0n) is 18.2. The number of methoxy groups -OCH3 is 2. The van der Waals surface area contributed by atoms with E-state index in [4.69, 9.17) is 14.0 Å². The van der Waals surface area contributed by atoms with E-state index in [9.17, 15) is 9.79 Å². The molecule has 0 bridgehead atoms. The maximum absolute atomic E-state index is 10.8. The van der Waals surface area contributed by atoms with Gasteiger partial charge in [0.25, 0.3) is 0 Å². The van der Waals surface area contributed by atoms with Crippen molar-refractivity contribution in [1.82, 2.24) is 0 Å². The second-order valence-corrected chi connectivity index (χ2v) is 11.9. The van der Waals surface area contributed by atoms with Crippen LogP contribution in [-0.4, -0.2) is 36.3 Å². The first kappa shape index (κ1) is 24.0. The molecule has 0 radical (unpaired) electrons. The summed E-state index contributed by atoms with van der Waals surface area (Å²) in [6.45, 7) is 10.0. The fraction of sp³-hybridized carbons (Fsp3) is 0.714. The SMILES string of the molecule is CCCCCCC(C)(C)c1ccc(OC)c(OP(O)(O)(CC)CC)c1OC. The molecule has 0 unspecified atom stereocenters. The van der Waals surface area contributed by atoms with Gasteiger partial charge in [0.1, 0.15) is 0 Å². The molecule has 1 rings (SSSR count). The van der Waals surface area contributed by atoms with Crippen molar-refractivity contribution < 1.29 is 23.8 Å². The van der Waals surface area contributed by atoms with Crippen molar-refractivity contribution in [3.63, 3.8) is 0 Å². The minimum atomic E-state index is -4.29. The molecule has 158 valence electrons. The average molecular weight is 403 g/mol. The molecular formula is C21H39O5P. The van der Waals surface area contributed by atoms with E-state index in [-0.39, 0.29) is 23.5 Å². The van der Waals surface area contributed by atoms with Crippen LogP contribution in [0.4, 0.5) is 0 Å². The van der Waals surface area contributed by atoms with Crippen LogP contribution in [0.5, 0.6) is 17.2 Å². The molecule has 0 spiro atoms. The fourth-order valence-corrected chi connectivity index (χ4v) is 4.52. The third-order valence-corrected chi connectivity index (χ3v) is 8.60. The Morgan fingerprint density at radius 2 is 1.52 bits per heavy atom. The van der Waals surface area contributed by atoms with Gasteiger partial charge in [-0.05, 0) is 0 Å². The normalized spacial score (nSPS) is 13.7. The molecule has 0 aliphatic carbocycles. The van der Waals surface area contributed by atoms with E-state index < -0.39 is 7.28 Å². The Balaban J connectivity index is 3.37. The van der Waals surface area contributed by atoms with Crippen molar-refractivity contribution in [3.05, 3.63) is 17.7 Å². The first-order valence-electron chi connectivity index (χ1n) is 10.0. The van der Waals surface area contributed by atoms with Crippen LogP contribution < -0.4 is 14.0 Å². The Bertz CT molecular complexity index is 605. The zero-order chi connectivity index (χ0) is 20.7. The standard InChI is InChI=1S/C21H39O5P/c1-8-11-12-13-16-21(4,5)17-14-15-18(24-6)20(19(17)25-7)26-27(22,23,9-2)10-3/h14-15,22-23H,8-13,16H2,1-7H3. The number of rotatable bonds is 12. The van der Waals surface area contributed by atoms with Gasteiger partial charge >= 0.3 is 165 Å². The molecule has 6 heteroatoms. The predicted octanol–water partition coefficient (Wildman–Crippen LogP) is 5.65. The number of unbranched alkanes of at least 4 members (excludes halogenated alkanes) is 3. The molecule has 1 aromatic carbocycles.